The fraction of sp³-hybridized carbons (Fsp3) is 0.125. The first-order chi connectivity index (χ1) is 14.9. The van der Waals surface area contributed by atoms with Gasteiger partial charge in [-0.15, -0.1) is 0 Å². The highest BCUT2D eigenvalue weighted by Crippen LogP contribution is 2.17. The predicted molar refractivity (Wildman–Crippen MR) is 120 cm³/mol. The smallest absolute Gasteiger partial charge is 0.343 e. The first-order valence-corrected chi connectivity index (χ1v) is 9.88. The Bertz CT molecular complexity index is 1090. The molecule has 1 amide bonds. The van der Waals surface area contributed by atoms with Crippen LogP contribution in [0.15, 0.2) is 71.8 Å². The van der Waals surface area contributed by atoms with Crippen molar-refractivity contribution in [2.75, 3.05) is 6.61 Å². The minimum absolute atomic E-state index is 0.139. The van der Waals surface area contributed by atoms with E-state index in [0.717, 1.165) is 16.7 Å². The summed E-state index contributed by atoms with van der Waals surface area (Å²) in [6, 6.07) is 18.8. The van der Waals surface area contributed by atoms with E-state index >= 15 is 0 Å². The Morgan fingerprint density at radius 2 is 1.61 bits per heavy atom. The van der Waals surface area contributed by atoms with Crippen molar-refractivity contribution >= 4 is 29.7 Å². The van der Waals surface area contributed by atoms with Gasteiger partial charge in [-0.25, -0.2) is 10.2 Å². The molecule has 0 aromatic heterocycles. The Kier molecular flexibility index (Phi) is 7.40. The zero-order valence-corrected chi connectivity index (χ0v) is 17.8. The van der Waals surface area contributed by atoms with Crippen LogP contribution in [-0.4, -0.2) is 24.7 Å². The summed E-state index contributed by atoms with van der Waals surface area (Å²) in [6.07, 6.45) is 1.48. The van der Waals surface area contributed by atoms with E-state index in [2.05, 4.69) is 10.5 Å². The quantitative estimate of drug-likeness (QED) is 0.252. The van der Waals surface area contributed by atoms with Crippen LogP contribution in [0.1, 0.15) is 27.0 Å². The number of halogens is 1. The van der Waals surface area contributed by atoms with Crippen LogP contribution >= 0.6 is 11.6 Å². The van der Waals surface area contributed by atoms with Gasteiger partial charge in [0, 0.05) is 5.02 Å². The number of aryl methyl sites for hydroxylation is 2. The molecule has 3 rings (SSSR count). The molecule has 0 unspecified atom stereocenters. The van der Waals surface area contributed by atoms with Gasteiger partial charge < -0.3 is 9.47 Å². The number of rotatable bonds is 7. The summed E-state index contributed by atoms with van der Waals surface area (Å²) in [6.45, 7) is 3.85. The van der Waals surface area contributed by atoms with Gasteiger partial charge in [-0.2, -0.15) is 5.10 Å². The highest BCUT2D eigenvalue weighted by atomic mass is 35.5. The molecule has 3 aromatic rings. The predicted octanol–water partition coefficient (Wildman–Crippen LogP) is 4.71. The molecule has 3 aromatic carbocycles. The minimum Gasteiger partial charge on any atom is -0.484 e. The zero-order valence-electron chi connectivity index (χ0n) is 17.1. The Morgan fingerprint density at radius 3 is 2.29 bits per heavy atom. The van der Waals surface area contributed by atoms with Gasteiger partial charge in [-0.1, -0.05) is 17.7 Å². The zero-order chi connectivity index (χ0) is 22.2. The highest BCUT2D eigenvalue weighted by molar-refractivity contribution is 6.30. The van der Waals surface area contributed by atoms with Gasteiger partial charge in [-0.05, 0) is 91.2 Å². The lowest BCUT2D eigenvalue weighted by atomic mass is 10.1. The first-order valence-electron chi connectivity index (χ1n) is 9.50. The van der Waals surface area contributed by atoms with Gasteiger partial charge in [0.25, 0.3) is 5.91 Å². The number of amides is 1. The standard InChI is InChI=1S/C24H21ClN2O4/c1-16-3-10-22(13-17(16)2)30-15-23(28)27-26-14-18-4-11-21(12-5-18)31-24(29)19-6-8-20(25)9-7-19/h3-14H,15H2,1-2H3,(H,27,28)/b26-14+. The molecule has 0 radical (unpaired) electrons. The molecule has 6 nitrogen and oxygen atoms in total. The van der Waals surface area contributed by atoms with Crippen LogP contribution in [-0.2, 0) is 4.79 Å². The van der Waals surface area contributed by atoms with Crippen molar-refractivity contribution in [2.45, 2.75) is 13.8 Å². The molecule has 0 aliphatic carbocycles. The number of hydrogen-bond acceptors (Lipinski definition) is 5. The lowest BCUT2D eigenvalue weighted by molar-refractivity contribution is -0.123. The lowest BCUT2D eigenvalue weighted by Crippen LogP contribution is -2.24. The summed E-state index contributed by atoms with van der Waals surface area (Å²) in [4.78, 5) is 24.0. The third-order valence-corrected chi connectivity index (χ3v) is 4.67. The molecule has 0 bridgehead atoms. The van der Waals surface area contributed by atoms with Crippen molar-refractivity contribution < 1.29 is 19.1 Å². The molecule has 0 aliphatic rings. The van der Waals surface area contributed by atoms with E-state index in [4.69, 9.17) is 21.1 Å². The normalized spacial score (nSPS) is 10.7. The van der Waals surface area contributed by atoms with Gasteiger partial charge in [0.2, 0.25) is 0 Å². The molecule has 158 valence electrons. The molecule has 0 heterocycles. The molecule has 7 heteroatoms. The number of esters is 1. The Morgan fingerprint density at radius 1 is 0.935 bits per heavy atom. The van der Waals surface area contributed by atoms with Crippen LogP contribution in [0.25, 0.3) is 0 Å². The van der Waals surface area contributed by atoms with Crippen LogP contribution in [0, 0.1) is 13.8 Å². The topological polar surface area (TPSA) is 77.0 Å². The van der Waals surface area contributed by atoms with Crippen molar-refractivity contribution in [2.24, 2.45) is 5.10 Å². The van der Waals surface area contributed by atoms with Gasteiger partial charge in [-0.3, -0.25) is 4.79 Å². The largest absolute Gasteiger partial charge is 0.484 e. The average molecular weight is 437 g/mol. The van der Waals surface area contributed by atoms with Gasteiger partial charge in [0.15, 0.2) is 6.61 Å². The molecule has 0 fully saturated rings. The summed E-state index contributed by atoms with van der Waals surface area (Å²) in [5.74, 6) is 0.172. The van der Waals surface area contributed by atoms with Crippen LogP contribution in [0.5, 0.6) is 11.5 Å². The molecule has 0 saturated carbocycles. The van der Waals surface area contributed by atoms with Crippen LogP contribution in [0.3, 0.4) is 0 Å². The monoisotopic (exact) mass is 436 g/mol. The van der Waals surface area contributed by atoms with Crippen LogP contribution < -0.4 is 14.9 Å². The maximum absolute atomic E-state index is 12.1. The summed E-state index contributed by atoms with van der Waals surface area (Å²) in [7, 11) is 0. The second-order valence-corrected chi connectivity index (χ2v) is 7.23. The fourth-order valence-corrected chi connectivity index (χ4v) is 2.66. The second kappa shape index (κ2) is 10.4. The number of carbonyl (C=O) groups excluding carboxylic acids is 2. The molecule has 0 aliphatic heterocycles. The fourth-order valence-electron chi connectivity index (χ4n) is 2.54. The first kappa shape index (κ1) is 22.1. The van der Waals surface area contributed by atoms with Crippen LogP contribution in [0.2, 0.25) is 5.02 Å². The number of hydrazone groups is 1. The molecular weight excluding hydrogens is 416 g/mol. The summed E-state index contributed by atoms with van der Waals surface area (Å²) in [5.41, 5.74) is 5.79. The molecule has 0 atom stereocenters. The molecule has 1 N–H and O–H groups in total. The van der Waals surface area contributed by atoms with E-state index in [1.165, 1.54) is 6.21 Å². The van der Waals surface area contributed by atoms with Gasteiger partial charge in [0.05, 0.1) is 11.8 Å². The van der Waals surface area contributed by atoms with Crippen molar-refractivity contribution in [3.8, 4) is 11.5 Å². The van der Waals surface area contributed by atoms with E-state index in [9.17, 15) is 9.59 Å². The van der Waals surface area contributed by atoms with Crippen molar-refractivity contribution in [3.05, 3.63) is 94.0 Å². The molecule has 0 spiro atoms. The third-order valence-electron chi connectivity index (χ3n) is 4.42. The number of nitrogens with zero attached hydrogens (tertiary/aromatic N) is 1. The Balaban J connectivity index is 1.46. The van der Waals surface area contributed by atoms with Crippen LogP contribution in [0.4, 0.5) is 0 Å². The Hall–Kier alpha value is -3.64. The number of ether oxygens (including phenoxy) is 2. The number of nitrogens with one attached hydrogen (secondary N) is 1. The van der Waals surface area contributed by atoms with E-state index < -0.39 is 5.97 Å². The number of benzene rings is 3. The second-order valence-electron chi connectivity index (χ2n) is 6.79. The minimum atomic E-state index is -0.478. The van der Waals surface area contributed by atoms with E-state index in [0.29, 0.717) is 22.1 Å². The van der Waals surface area contributed by atoms with Crippen molar-refractivity contribution in [1.29, 1.82) is 0 Å². The summed E-state index contributed by atoms with van der Waals surface area (Å²) >= 11 is 5.81. The molecule has 0 saturated heterocycles. The third kappa shape index (κ3) is 6.69. The lowest BCUT2D eigenvalue weighted by Gasteiger charge is -2.07. The van der Waals surface area contributed by atoms with Gasteiger partial charge >= 0.3 is 5.97 Å². The van der Waals surface area contributed by atoms with Crippen molar-refractivity contribution in [1.82, 2.24) is 5.43 Å². The van der Waals surface area contributed by atoms with E-state index in [-0.39, 0.29) is 12.5 Å². The summed E-state index contributed by atoms with van der Waals surface area (Å²) in [5, 5.41) is 4.45. The maximum atomic E-state index is 12.1. The Labute approximate surface area is 185 Å². The highest BCUT2D eigenvalue weighted by Gasteiger charge is 2.08. The molecule has 31 heavy (non-hydrogen) atoms. The van der Waals surface area contributed by atoms with E-state index in [1.807, 2.05) is 32.0 Å². The van der Waals surface area contributed by atoms with Crippen molar-refractivity contribution in [3.63, 3.8) is 0 Å². The number of carbonyl (C=O) groups is 2. The van der Waals surface area contributed by atoms with Gasteiger partial charge in [0.1, 0.15) is 11.5 Å². The molecular formula is C24H21ClN2O4. The maximum Gasteiger partial charge on any atom is 0.343 e. The summed E-state index contributed by atoms with van der Waals surface area (Å²) < 4.78 is 10.8. The van der Waals surface area contributed by atoms with E-state index in [1.54, 1.807) is 48.5 Å². The average Bonchev–Trinajstić information content (AvgIpc) is 2.76. The SMILES string of the molecule is Cc1ccc(OCC(=O)N/N=C/c2ccc(OC(=O)c3ccc(Cl)cc3)cc2)cc1C. The number of hydrogen-bond donors (Lipinski definition) is 1.